The third-order valence-electron chi connectivity index (χ3n) is 3.42. The highest BCUT2D eigenvalue weighted by Gasteiger charge is 2.15. The number of aliphatic hydroxyl groups excluding tert-OH is 1. The van der Waals surface area contributed by atoms with Gasteiger partial charge in [0.15, 0.2) is 0 Å². The van der Waals surface area contributed by atoms with Crippen LogP contribution in [-0.2, 0) is 13.0 Å². The van der Waals surface area contributed by atoms with Crippen molar-refractivity contribution < 1.29 is 9.84 Å². The summed E-state index contributed by atoms with van der Waals surface area (Å²) in [5.74, 6) is 1.03. The molecule has 18 heavy (non-hydrogen) atoms. The van der Waals surface area contributed by atoms with E-state index >= 15 is 0 Å². The fourth-order valence-electron chi connectivity index (χ4n) is 2.20. The van der Waals surface area contributed by atoms with Crippen molar-refractivity contribution in [3.8, 4) is 5.75 Å². The molecule has 1 aromatic carbocycles. The van der Waals surface area contributed by atoms with Crippen molar-refractivity contribution in [1.29, 1.82) is 0 Å². The van der Waals surface area contributed by atoms with Gasteiger partial charge in [0.05, 0.1) is 13.2 Å². The monoisotopic (exact) mass is 267 g/mol. The first kappa shape index (κ1) is 13.7. The van der Waals surface area contributed by atoms with Gasteiger partial charge in [0.25, 0.3) is 0 Å². The molecule has 3 nitrogen and oxygen atoms in total. The quantitative estimate of drug-likeness (QED) is 0.825. The molecule has 0 spiro atoms. The highest BCUT2D eigenvalue weighted by Crippen LogP contribution is 2.25. The molecule has 0 saturated carbocycles. The molecule has 0 saturated heterocycles. The smallest absolute Gasteiger partial charge is 0.122 e. The largest absolute Gasteiger partial charge is 0.493 e. The molecule has 0 aliphatic carbocycles. The molecular formula is C14H21NO2S. The predicted octanol–water partition coefficient (Wildman–Crippen LogP) is 1.82. The molecule has 2 N–H and O–H groups in total. The Morgan fingerprint density at radius 1 is 1.50 bits per heavy atom. The molecule has 2 atom stereocenters. The van der Waals surface area contributed by atoms with E-state index in [2.05, 4.69) is 30.4 Å². The summed E-state index contributed by atoms with van der Waals surface area (Å²) in [5, 5.41) is 13.0. The summed E-state index contributed by atoms with van der Waals surface area (Å²) in [6.45, 7) is 3.98. The van der Waals surface area contributed by atoms with Crippen LogP contribution >= 0.6 is 11.8 Å². The van der Waals surface area contributed by atoms with Crippen LogP contribution in [0.2, 0.25) is 0 Å². The Hall–Kier alpha value is -0.710. The van der Waals surface area contributed by atoms with Crippen LogP contribution in [0.1, 0.15) is 18.1 Å². The highest BCUT2D eigenvalue weighted by molar-refractivity contribution is 7.99. The molecule has 1 aliphatic rings. The summed E-state index contributed by atoms with van der Waals surface area (Å²) < 4.78 is 5.50. The van der Waals surface area contributed by atoms with Gasteiger partial charge >= 0.3 is 0 Å². The molecular weight excluding hydrogens is 246 g/mol. The first-order valence-electron chi connectivity index (χ1n) is 6.36. The molecule has 0 bridgehead atoms. The van der Waals surface area contributed by atoms with Gasteiger partial charge in [0.1, 0.15) is 5.75 Å². The molecule has 1 heterocycles. The predicted molar refractivity (Wildman–Crippen MR) is 76.3 cm³/mol. The Kier molecular flexibility index (Phi) is 4.92. The first-order valence-corrected chi connectivity index (χ1v) is 7.65. The number of thioether (sulfide) groups is 1. The fourth-order valence-corrected chi connectivity index (χ4v) is 2.85. The maximum absolute atomic E-state index is 9.24. The van der Waals surface area contributed by atoms with Gasteiger partial charge in [-0.2, -0.15) is 11.8 Å². The van der Waals surface area contributed by atoms with Gasteiger partial charge in [0.2, 0.25) is 0 Å². The lowest BCUT2D eigenvalue weighted by molar-refractivity contribution is 0.276. The van der Waals surface area contributed by atoms with Crippen LogP contribution < -0.4 is 10.1 Å². The molecule has 0 fully saturated rings. The average Bonchev–Trinajstić information content (AvgIpc) is 2.85. The lowest BCUT2D eigenvalue weighted by Crippen LogP contribution is -2.37. The number of aliphatic hydroxyl groups is 1. The van der Waals surface area contributed by atoms with Gasteiger partial charge in [0, 0.05) is 24.3 Å². The standard InChI is InChI=1S/C14H21NO2S/c1-10(14(9-16)18-2)15-8-11-3-4-13-12(7-11)5-6-17-13/h3-4,7,10,14-16H,5-6,8-9H2,1-2H3. The number of ether oxygens (including phenoxy) is 1. The summed E-state index contributed by atoms with van der Waals surface area (Å²) in [5.41, 5.74) is 2.59. The van der Waals surface area contributed by atoms with E-state index in [1.54, 1.807) is 11.8 Å². The lowest BCUT2D eigenvalue weighted by Gasteiger charge is -2.21. The number of hydrogen-bond donors (Lipinski definition) is 2. The number of benzene rings is 1. The van der Waals surface area contributed by atoms with Crippen molar-refractivity contribution in [3.05, 3.63) is 29.3 Å². The molecule has 100 valence electrons. The maximum Gasteiger partial charge on any atom is 0.122 e. The first-order chi connectivity index (χ1) is 8.74. The normalized spacial score (nSPS) is 17.1. The Morgan fingerprint density at radius 2 is 2.33 bits per heavy atom. The molecule has 0 aromatic heterocycles. The average molecular weight is 267 g/mol. The van der Waals surface area contributed by atoms with Crippen LogP contribution in [0.5, 0.6) is 5.75 Å². The van der Waals surface area contributed by atoms with E-state index in [-0.39, 0.29) is 11.9 Å². The van der Waals surface area contributed by atoms with Gasteiger partial charge < -0.3 is 15.2 Å². The minimum atomic E-state index is 0.216. The molecule has 1 aliphatic heterocycles. The van der Waals surface area contributed by atoms with Crippen LogP contribution in [0.3, 0.4) is 0 Å². The van der Waals surface area contributed by atoms with E-state index in [9.17, 15) is 5.11 Å². The molecule has 4 heteroatoms. The molecule has 2 unspecified atom stereocenters. The highest BCUT2D eigenvalue weighted by atomic mass is 32.2. The Morgan fingerprint density at radius 3 is 3.06 bits per heavy atom. The van der Waals surface area contributed by atoms with Crippen LogP contribution in [0.15, 0.2) is 18.2 Å². The van der Waals surface area contributed by atoms with Gasteiger partial charge in [-0.15, -0.1) is 0 Å². The Bertz CT molecular complexity index is 393. The SMILES string of the molecule is CSC(CO)C(C)NCc1ccc2c(c1)CCO2. The number of nitrogens with one attached hydrogen (secondary N) is 1. The van der Waals surface area contributed by atoms with Crippen molar-refractivity contribution >= 4 is 11.8 Å². The van der Waals surface area contributed by atoms with E-state index in [4.69, 9.17) is 4.74 Å². The molecule has 2 rings (SSSR count). The summed E-state index contributed by atoms with van der Waals surface area (Å²) in [4.78, 5) is 0. The van der Waals surface area contributed by atoms with Crippen molar-refractivity contribution in [2.45, 2.75) is 31.2 Å². The zero-order chi connectivity index (χ0) is 13.0. The van der Waals surface area contributed by atoms with Crippen LogP contribution in [0.25, 0.3) is 0 Å². The van der Waals surface area contributed by atoms with Gasteiger partial charge in [-0.3, -0.25) is 0 Å². The molecule has 1 aromatic rings. The van der Waals surface area contributed by atoms with Crippen molar-refractivity contribution in [3.63, 3.8) is 0 Å². The number of rotatable bonds is 6. The lowest BCUT2D eigenvalue weighted by atomic mass is 10.1. The zero-order valence-electron chi connectivity index (χ0n) is 11.0. The molecule has 0 amide bonds. The summed E-state index contributed by atoms with van der Waals surface area (Å²) in [6, 6.07) is 6.68. The summed E-state index contributed by atoms with van der Waals surface area (Å²) >= 11 is 1.70. The minimum absolute atomic E-state index is 0.216. The van der Waals surface area contributed by atoms with Gasteiger partial charge in [-0.25, -0.2) is 0 Å². The third kappa shape index (κ3) is 3.19. The van der Waals surface area contributed by atoms with E-state index in [1.165, 1.54) is 11.1 Å². The Labute approximate surface area is 113 Å². The second kappa shape index (κ2) is 6.45. The minimum Gasteiger partial charge on any atom is -0.493 e. The van der Waals surface area contributed by atoms with Crippen molar-refractivity contribution in [2.24, 2.45) is 0 Å². The van der Waals surface area contributed by atoms with E-state index in [0.29, 0.717) is 6.04 Å². The van der Waals surface area contributed by atoms with Crippen molar-refractivity contribution in [2.75, 3.05) is 19.5 Å². The maximum atomic E-state index is 9.24. The summed E-state index contributed by atoms with van der Waals surface area (Å²) in [6.07, 6.45) is 3.05. The summed E-state index contributed by atoms with van der Waals surface area (Å²) in [7, 11) is 0. The van der Waals surface area contributed by atoms with Crippen molar-refractivity contribution in [1.82, 2.24) is 5.32 Å². The van der Waals surface area contributed by atoms with E-state index < -0.39 is 0 Å². The Balaban J connectivity index is 1.90. The van der Waals surface area contributed by atoms with Gasteiger partial charge in [-0.1, -0.05) is 12.1 Å². The third-order valence-corrected chi connectivity index (χ3v) is 4.59. The fraction of sp³-hybridized carbons (Fsp3) is 0.571. The number of fused-ring (bicyclic) bond motifs is 1. The zero-order valence-corrected chi connectivity index (χ0v) is 11.8. The van der Waals surface area contributed by atoms with Crippen LogP contribution in [0, 0.1) is 0 Å². The van der Waals surface area contributed by atoms with Gasteiger partial charge in [-0.05, 0) is 30.4 Å². The van der Waals surface area contributed by atoms with Crippen LogP contribution in [-0.4, -0.2) is 35.9 Å². The number of hydrogen-bond acceptors (Lipinski definition) is 4. The van der Waals surface area contributed by atoms with Crippen LogP contribution in [0.4, 0.5) is 0 Å². The van der Waals surface area contributed by atoms with E-state index in [0.717, 1.165) is 25.3 Å². The second-order valence-electron chi connectivity index (χ2n) is 4.67. The topological polar surface area (TPSA) is 41.5 Å². The molecule has 0 radical (unpaired) electrons. The second-order valence-corrected chi connectivity index (χ2v) is 5.74. The van der Waals surface area contributed by atoms with E-state index in [1.807, 2.05) is 6.26 Å².